The number of rotatable bonds is 3. The molecular formula is C11H15F2N3. The van der Waals surface area contributed by atoms with Crippen molar-refractivity contribution in [3.05, 3.63) is 23.9 Å². The molecule has 1 unspecified atom stereocenters. The molecule has 1 aromatic rings. The Balaban J connectivity index is 2.09. The van der Waals surface area contributed by atoms with Crippen LogP contribution in [0.4, 0.5) is 14.6 Å². The second-order valence-corrected chi connectivity index (χ2v) is 4.00. The summed E-state index contributed by atoms with van der Waals surface area (Å²) in [5.74, 6) is 0.850. The van der Waals surface area contributed by atoms with E-state index in [-0.39, 0.29) is 0 Å². The van der Waals surface area contributed by atoms with Gasteiger partial charge in [0, 0.05) is 19.3 Å². The minimum Gasteiger partial charge on any atom is -0.357 e. The first-order valence-corrected chi connectivity index (χ1v) is 5.43. The van der Waals surface area contributed by atoms with Crippen molar-refractivity contribution in [3.8, 4) is 0 Å². The van der Waals surface area contributed by atoms with E-state index in [4.69, 9.17) is 5.73 Å². The number of pyridine rings is 1. The van der Waals surface area contributed by atoms with Crippen molar-refractivity contribution in [3.63, 3.8) is 0 Å². The van der Waals surface area contributed by atoms with Gasteiger partial charge in [-0.3, -0.25) is 0 Å². The lowest BCUT2D eigenvalue weighted by atomic mass is 10.1. The van der Waals surface area contributed by atoms with E-state index >= 15 is 0 Å². The predicted octanol–water partition coefficient (Wildman–Crippen LogP) is 1.95. The largest absolute Gasteiger partial charge is 0.357 e. The molecule has 1 aliphatic heterocycles. The molecule has 1 atom stereocenters. The third-order valence-electron chi connectivity index (χ3n) is 2.86. The average Bonchev–Trinajstić information content (AvgIpc) is 2.81. The van der Waals surface area contributed by atoms with E-state index in [0.29, 0.717) is 5.56 Å². The molecule has 5 heteroatoms. The Hall–Kier alpha value is -1.23. The van der Waals surface area contributed by atoms with Crippen LogP contribution in [0.1, 0.15) is 24.4 Å². The Labute approximate surface area is 93.3 Å². The van der Waals surface area contributed by atoms with Crippen LogP contribution in [0, 0.1) is 0 Å². The van der Waals surface area contributed by atoms with Crippen LogP contribution in [0.3, 0.4) is 0 Å². The van der Waals surface area contributed by atoms with Crippen LogP contribution >= 0.6 is 0 Å². The molecule has 2 N–H and O–H groups in total. The highest BCUT2D eigenvalue weighted by Gasteiger charge is 2.19. The highest BCUT2D eigenvalue weighted by Crippen LogP contribution is 2.21. The quantitative estimate of drug-likeness (QED) is 0.858. The average molecular weight is 227 g/mol. The first-order chi connectivity index (χ1) is 7.68. The zero-order valence-electron chi connectivity index (χ0n) is 8.94. The molecule has 0 saturated carbocycles. The van der Waals surface area contributed by atoms with E-state index in [1.165, 1.54) is 19.0 Å². The van der Waals surface area contributed by atoms with Gasteiger partial charge in [-0.15, -0.1) is 0 Å². The van der Waals surface area contributed by atoms with Gasteiger partial charge in [0.05, 0.1) is 6.04 Å². The van der Waals surface area contributed by atoms with Gasteiger partial charge in [-0.05, 0) is 24.5 Å². The fourth-order valence-electron chi connectivity index (χ4n) is 1.87. The summed E-state index contributed by atoms with van der Waals surface area (Å²) in [6.07, 6.45) is 1.24. The van der Waals surface area contributed by atoms with Gasteiger partial charge in [0.1, 0.15) is 5.82 Å². The van der Waals surface area contributed by atoms with E-state index in [0.717, 1.165) is 18.9 Å². The molecule has 88 valence electrons. The van der Waals surface area contributed by atoms with Crippen molar-refractivity contribution in [1.82, 2.24) is 4.98 Å². The van der Waals surface area contributed by atoms with Crippen LogP contribution in [0.15, 0.2) is 18.3 Å². The molecule has 2 heterocycles. The van der Waals surface area contributed by atoms with Crippen LogP contribution < -0.4 is 10.6 Å². The Bertz CT molecular complexity index is 313. The summed E-state index contributed by atoms with van der Waals surface area (Å²) in [6.45, 7) is 1.99. The fourth-order valence-corrected chi connectivity index (χ4v) is 1.87. The molecule has 0 radical (unpaired) electrons. The topological polar surface area (TPSA) is 42.1 Å². The molecule has 0 spiro atoms. The van der Waals surface area contributed by atoms with Gasteiger partial charge >= 0.3 is 0 Å². The van der Waals surface area contributed by atoms with Crippen molar-refractivity contribution in [2.75, 3.05) is 18.0 Å². The minimum absolute atomic E-state index is 0.387. The van der Waals surface area contributed by atoms with E-state index in [2.05, 4.69) is 9.88 Å². The van der Waals surface area contributed by atoms with Crippen molar-refractivity contribution in [2.24, 2.45) is 5.73 Å². The molecule has 1 fully saturated rings. The van der Waals surface area contributed by atoms with Crippen LogP contribution in [-0.2, 0) is 0 Å². The summed E-state index contributed by atoms with van der Waals surface area (Å²) >= 11 is 0. The first kappa shape index (κ1) is 11.3. The molecule has 1 saturated heterocycles. The molecule has 16 heavy (non-hydrogen) atoms. The summed E-state index contributed by atoms with van der Waals surface area (Å²) < 4.78 is 24.7. The van der Waals surface area contributed by atoms with Crippen LogP contribution in [-0.4, -0.2) is 24.5 Å². The second-order valence-electron chi connectivity index (χ2n) is 4.00. The third kappa shape index (κ3) is 2.29. The van der Waals surface area contributed by atoms with Gasteiger partial charge < -0.3 is 10.6 Å². The maximum Gasteiger partial charge on any atom is 0.257 e. The number of anilines is 1. The van der Waals surface area contributed by atoms with Crippen molar-refractivity contribution in [1.29, 1.82) is 0 Å². The Morgan fingerprint density at radius 1 is 1.25 bits per heavy atom. The summed E-state index contributed by atoms with van der Waals surface area (Å²) in [4.78, 5) is 6.33. The monoisotopic (exact) mass is 227 g/mol. The molecule has 0 amide bonds. The van der Waals surface area contributed by atoms with Crippen molar-refractivity contribution < 1.29 is 8.78 Å². The van der Waals surface area contributed by atoms with E-state index < -0.39 is 12.5 Å². The lowest BCUT2D eigenvalue weighted by molar-refractivity contribution is 0.116. The van der Waals surface area contributed by atoms with Gasteiger partial charge in [0.25, 0.3) is 6.43 Å². The molecule has 0 aromatic carbocycles. The number of nitrogens with zero attached hydrogens (tertiary/aromatic N) is 2. The van der Waals surface area contributed by atoms with Crippen molar-refractivity contribution >= 4 is 5.82 Å². The molecule has 2 rings (SSSR count). The normalized spacial score (nSPS) is 18.1. The second kappa shape index (κ2) is 4.74. The summed E-state index contributed by atoms with van der Waals surface area (Å²) in [6, 6.07) is 2.17. The van der Waals surface area contributed by atoms with Gasteiger partial charge in [-0.25, -0.2) is 13.8 Å². The number of hydrogen-bond donors (Lipinski definition) is 1. The Kier molecular flexibility index (Phi) is 3.33. The van der Waals surface area contributed by atoms with Gasteiger partial charge in [0.15, 0.2) is 0 Å². The maximum absolute atomic E-state index is 12.4. The zero-order valence-corrected chi connectivity index (χ0v) is 8.94. The standard InChI is InChI=1S/C11H15F2N3/c12-11(13)10(14)8-3-4-9(15-7-8)16-5-1-2-6-16/h3-4,7,10-11H,1-2,5-6,14H2. The molecular weight excluding hydrogens is 212 g/mol. The third-order valence-corrected chi connectivity index (χ3v) is 2.86. The van der Waals surface area contributed by atoms with Crippen LogP contribution in [0.25, 0.3) is 0 Å². The number of nitrogens with two attached hydrogens (primary N) is 1. The van der Waals surface area contributed by atoms with Crippen LogP contribution in [0.5, 0.6) is 0 Å². The van der Waals surface area contributed by atoms with Crippen LogP contribution in [0.2, 0.25) is 0 Å². The smallest absolute Gasteiger partial charge is 0.257 e. The van der Waals surface area contributed by atoms with Gasteiger partial charge in [0.2, 0.25) is 0 Å². The molecule has 1 aliphatic rings. The van der Waals surface area contributed by atoms with E-state index in [9.17, 15) is 8.78 Å². The van der Waals surface area contributed by atoms with Crippen molar-refractivity contribution in [2.45, 2.75) is 25.3 Å². The highest BCUT2D eigenvalue weighted by atomic mass is 19.3. The number of alkyl halides is 2. The maximum atomic E-state index is 12.4. The number of aromatic nitrogens is 1. The van der Waals surface area contributed by atoms with Gasteiger partial charge in [-0.1, -0.05) is 6.07 Å². The Morgan fingerprint density at radius 2 is 1.94 bits per heavy atom. The minimum atomic E-state index is -2.54. The number of hydrogen-bond acceptors (Lipinski definition) is 3. The SMILES string of the molecule is NC(c1ccc(N2CCCC2)nc1)C(F)F. The number of halogens is 2. The molecule has 0 bridgehead atoms. The summed E-state index contributed by atoms with van der Waals surface area (Å²) in [5.41, 5.74) is 5.72. The summed E-state index contributed by atoms with van der Waals surface area (Å²) in [7, 11) is 0. The zero-order chi connectivity index (χ0) is 11.5. The van der Waals surface area contributed by atoms with E-state index in [1.807, 2.05) is 0 Å². The molecule has 1 aromatic heterocycles. The predicted molar refractivity (Wildman–Crippen MR) is 58.6 cm³/mol. The fraction of sp³-hybridized carbons (Fsp3) is 0.545. The molecule has 0 aliphatic carbocycles. The lowest BCUT2D eigenvalue weighted by Gasteiger charge is -2.17. The molecule has 3 nitrogen and oxygen atoms in total. The lowest BCUT2D eigenvalue weighted by Crippen LogP contribution is -2.21. The first-order valence-electron chi connectivity index (χ1n) is 5.43. The van der Waals surface area contributed by atoms with E-state index in [1.54, 1.807) is 12.1 Å². The highest BCUT2D eigenvalue weighted by molar-refractivity contribution is 5.40. The van der Waals surface area contributed by atoms with Gasteiger partial charge in [-0.2, -0.15) is 0 Å². The summed E-state index contributed by atoms with van der Waals surface area (Å²) in [5, 5.41) is 0. The Morgan fingerprint density at radius 3 is 2.44 bits per heavy atom.